The number of thiocarbonyl (C=S) groups is 1. The van der Waals surface area contributed by atoms with Crippen molar-refractivity contribution in [3.63, 3.8) is 0 Å². The lowest BCUT2D eigenvalue weighted by Gasteiger charge is -2.04. The maximum absolute atomic E-state index is 5.54. The van der Waals surface area contributed by atoms with Crippen LogP contribution in [0, 0.1) is 0 Å². The summed E-state index contributed by atoms with van der Waals surface area (Å²) in [6.45, 7) is 4.89. The maximum Gasteiger partial charge on any atom is 0.193 e. The summed E-state index contributed by atoms with van der Waals surface area (Å²) in [6.07, 6.45) is 2.91. The summed E-state index contributed by atoms with van der Waals surface area (Å²) in [4.78, 5) is 4.83. The molecule has 0 aromatic carbocycles. The Balaban J connectivity index is 3.67. The molecule has 3 nitrogen and oxygen atoms in total. The van der Waals surface area contributed by atoms with Crippen molar-refractivity contribution in [3.8, 4) is 0 Å². The number of aliphatic imine (C=N–C) groups is 1. The molecule has 0 amide bonds. The van der Waals surface area contributed by atoms with Crippen LogP contribution in [0.4, 0.5) is 0 Å². The number of guanidine groups is 1. The van der Waals surface area contributed by atoms with E-state index in [-0.39, 0.29) is 0 Å². The fourth-order valence-corrected chi connectivity index (χ4v) is 1.01. The first-order valence-electron chi connectivity index (χ1n) is 4.30. The average Bonchev–Trinajstić information content (AvgIpc) is 2.01. The van der Waals surface area contributed by atoms with E-state index in [4.69, 9.17) is 18.0 Å². The molecule has 0 aliphatic heterocycles. The van der Waals surface area contributed by atoms with Gasteiger partial charge in [-0.2, -0.15) is 0 Å². The first-order chi connectivity index (χ1) is 5.70. The van der Waals surface area contributed by atoms with Crippen molar-refractivity contribution < 1.29 is 0 Å². The molecule has 0 heterocycles. The number of nitrogens with zero attached hydrogens (tertiary/aromatic N) is 1. The van der Waals surface area contributed by atoms with Crippen LogP contribution < -0.4 is 11.1 Å². The summed E-state index contributed by atoms with van der Waals surface area (Å²) in [5, 5.41) is 2.87. The maximum atomic E-state index is 5.54. The van der Waals surface area contributed by atoms with Gasteiger partial charge in [0.2, 0.25) is 0 Å². The van der Waals surface area contributed by atoms with Crippen LogP contribution in [-0.4, -0.2) is 17.5 Å². The standard InChI is InChI=1S/C8H17N3S/c1-3-5-7(12)11-8(9)10-6-4-2/h3-6H2,1-2H3,(H3,9,10,11,12). The second kappa shape index (κ2) is 7.03. The summed E-state index contributed by atoms with van der Waals surface area (Å²) < 4.78 is 0. The molecule has 0 atom stereocenters. The smallest absolute Gasteiger partial charge is 0.193 e. The van der Waals surface area contributed by atoms with E-state index >= 15 is 0 Å². The lowest BCUT2D eigenvalue weighted by molar-refractivity contribution is 0.919. The van der Waals surface area contributed by atoms with Crippen molar-refractivity contribution in [2.75, 3.05) is 6.54 Å². The molecule has 0 fully saturated rings. The van der Waals surface area contributed by atoms with Crippen LogP contribution in [0.1, 0.15) is 33.1 Å². The molecule has 0 saturated carbocycles. The van der Waals surface area contributed by atoms with Crippen LogP contribution in [0.2, 0.25) is 0 Å². The lowest BCUT2D eigenvalue weighted by Crippen LogP contribution is -2.35. The van der Waals surface area contributed by atoms with E-state index in [9.17, 15) is 0 Å². The second-order valence-electron chi connectivity index (χ2n) is 2.57. The summed E-state index contributed by atoms with van der Waals surface area (Å²) in [5.74, 6) is 0.440. The Morgan fingerprint density at radius 2 is 2.08 bits per heavy atom. The fraction of sp³-hybridized carbons (Fsp3) is 0.750. The minimum absolute atomic E-state index is 0.440. The van der Waals surface area contributed by atoms with Gasteiger partial charge < -0.3 is 11.1 Å². The molecular formula is C8H17N3S. The number of rotatable bonds is 4. The minimum atomic E-state index is 0.440. The van der Waals surface area contributed by atoms with Crippen LogP contribution in [-0.2, 0) is 0 Å². The van der Waals surface area contributed by atoms with E-state index in [0.717, 1.165) is 30.8 Å². The van der Waals surface area contributed by atoms with E-state index in [1.807, 2.05) is 0 Å². The second-order valence-corrected chi connectivity index (χ2v) is 3.06. The normalized spacial score (nSPS) is 11.3. The molecule has 0 aliphatic carbocycles. The largest absolute Gasteiger partial charge is 0.370 e. The van der Waals surface area contributed by atoms with E-state index in [2.05, 4.69) is 24.2 Å². The van der Waals surface area contributed by atoms with Gasteiger partial charge in [-0.25, -0.2) is 0 Å². The van der Waals surface area contributed by atoms with Gasteiger partial charge in [-0.3, -0.25) is 4.99 Å². The number of nitrogens with two attached hydrogens (primary N) is 1. The van der Waals surface area contributed by atoms with E-state index in [1.165, 1.54) is 0 Å². The Kier molecular flexibility index (Phi) is 6.66. The molecule has 0 aromatic heterocycles. The number of hydrogen-bond acceptors (Lipinski definition) is 2. The van der Waals surface area contributed by atoms with Crippen molar-refractivity contribution >= 4 is 23.2 Å². The van der Waals surface area contributed by atoms with Crippen molar-refractivity contribution in [2.24, 2.45) is 10.7 Å². The molecule has 0 bridgehead atoms. The zero-order chi connectivity index (χ0) is 9.40. The van der Waals surface area contributed by atoms with Gasteiger partial charge in [-0.1, -0.05) is 26.1 Å². The lowest BCUT2D eigenvalue weighted by atomic mass is 10.3. The molecule has 0 aliphatic rings. The number of nitrogens with one attached hydrogen (secondary N) is 1. The molecule has 4 heteroatoms. The molecular weight excluding hydrogens is 170 g/mol. The average molecular weight is 187 g/mol. The van der Waals surface area contributed by atoms with Crippen molar-refractivity contribution in [1.82, 2.24) is 5.32 Å². The Hall–Kier alpha value is -0.640. The third-order valence-electron chi connectivity index (χ3n) is 1.25. The van der Waals surface area contributed by atoms with Crippen molar-refractivity contribution in [1.29, 1.82) is 0 Å². The van der Waals surface area contributed by atoms with Crippen molar-refractivity contribution in [2.45, 2.75) is 33.1 Å². The third kappa shape index (κ3) is 6.09. The highest BCUT2D eigenvalue weighted by Gasteiger charge is 1.95. The van der Waals surface area contributed by atoms with Gasteiger partial charge in [0.25, 0.3) is 0 Å². The van der Waals surface area contributed by atoms with E-state index in [1.54, 1.807) is 0 Å². The highest BCUT2D eigenvalue weighted by molar-refractivity contribution is 7.80. The minimum Gasteiger partial charge on any atom is -0.370 e. The van der Waals surface area contributed by atoms with Gasteiger partial charge in [0.1, 0.15) is 0 Å². The quantitative estimate of drug-likeness (QED) is 0.398. The molecule has 70 valence electrons. The van der Waals surface area contributed by atoms with Gasteiger partial charge in [0.15, 0.2) is 5.96 Å². The molecule has 0 spiro atoms. The van der Waals surface area contributed by atoms with E-state index in [0.29, 0.717) is 5.96 Å². The molecule has 0 aromatic rings. The summed E-state index contributed by atoms with van der Waals surface area (Å²) in [6, 6.07) is 0. The summed E-state index contributed by atoms with van der Waals surface area (Å²) >= 11 is 5.01. The topological polar surface area (TPSA) is 50.4 Å². The van der Waals surface area contributed by atoms with Gasteiger partial charge >= 0.3 is 0 Å². The molecule has 0 radical (unpaired) electrons. The Morgan fingerprint density at radius 1 is 1.42 bits per heavy atom. The Bertz CT molecular complexity index is 166. The van der Waals surface area contributed by atoms with Gasteiger partial charge in [0.05, 0.1) is 4.99 Å². The first kappa shape index (κ1) is 11.4. The molecule has 0 rings (SSSR count). The van der Waals surface area contributed by atoms with Crippen LogP contribution in [0.15, 0.2) is 4.99 Å². The zero-order valence-electron chi connectivity index (χ0n) is 7.76. The summed E-state index contributed by atoms with van der Waals surface area (Å²) in [5.41, 5.74) is 5.54. The SMILES string of the molecule is CCCN=C(N)NC(=S)CCC. The van der Waals surface area contributed by atoms with Gasteiger partial charge in [-0.05, 0) is 19.3 Å². The van der Waals surface area contributed by atoms with E-state index < -0.39 is 0 Å². The predicted molar refractivity (Wildman–Crippen MR) is 57.4 cm³/mol. The third-order valence-corrected chi connectivity index (χ3v) is 1.56. The number of hydrogen-bond donors (Lipinski definition) is 2. The highest BCUT2D eigenvalue weighted by atomic mass is 32.1. The Labute approximate surface area is 79.4 Å². The predicted octanol–water partition coefficient (Wildman–Crippen LogP) is 1.43. The summed E-state index contributed by atoms with van der Waals surface area (Å²) in [7, 11) is 0. The molecule has 0 saturated heterocycles. The zero-order valence-corrected chi connectivity index (χ0v) is 8.58. The van der Waals surface area contributed by atoms with Gasteiger partial charge in [0, 0.05) is 6.54 Å². The first-order valence-corrected chi connectivity index (χ1v) is 4.71. The van der Waals surface area contributed by atoms with Gasteiger partial charge in [-0.15, -0.1) is 0 Å². The van der Waals surface area contributed by atoms with Crippen LogP contribution >= 0.6 is 12.2 Å². The van der Waals surface area contributed by atoms with Crippen LogP contribution in [0.3, 0.4) is 0 Å². The fourth-order valence-electron chi connectivity index (χ4n) is 0.704. The van der Waals surface area contributed by atoms with Crippen molar-refractivity contribution in [3.05, 3.63) is 0 Å². The molecule has 0 unspecified atom stereocenters. The monoisotopic (exact) mass is 187 g/mol. The van der Waals surface area contributed by atoms with Crippen LogP contribution in [0.5, 0.6) is 0 Å². The Morgan fingerprint density at radius 3 is 2.58 bits per heavy atom. The molecule has 3 N–H and O–H groups in total. The highest BCUT2D eigenvalue weighted by Crippen LogP contribution is 1.88. The molecule has 12 heavy (non-hydrogen) atoms. The van der Waals surface area contributed by atoms with Crippen LogP contribution in [0.25, 0.3) is 0 Å².